The monoisotopic (exact) mass is 476 g/mol. The molecule has 0 fully saturated rings. The van der Waals surface area contributed by atoms with Crippen molar-refractivity contribution in [3.8, 4) is 17.6 Å². The van der Waals surface area contributed by atoms with Crippen LogP contribution in [-0.2, 0) is 6.42 Å². The number of pyridine rings is 1. The third-order valence-corrected chi connectivity index (χ3v) is 5.33. The van der Waals surface area contributed by atoms with Gasteiger partial charge in [0.1, 0.15) is 28.5 Å². The van der Waals surface area contributed by atoms with Gasteiger partial charge in [-0.15, -0.1) is 0 Å². The number of imidazole rings is 2. The molecule has 0 aliphatic heterocycles. The molecule has 176 valence electrons. The standard InChI is InChI=1S/C27H20N6O3/c1-36-19-12-9-17(10-13-19)8-11-18-4-2-7-22(30-18)26(35)33-27-31-21-6-3-5-20(25(21)32-27)23(34)16-24-28-14-15-29-24/h2-7,9-10,12-15H,16H2,1H3,(H,28,29)(H2,31,32,33,35). The molecule has 3 aromatic heterocycles. The van der Waals surface area contributed by atoms with Crippen molar-refractivity contribution in [2.24, 2.45) is 0 Å². The lowest BCUT2D eigenvalue weighted by Gasteiger charge is -2.01. The minimum atomic E-state index is -0.453. The summed E-state index contributed by atoms with van der Waals surface area (Å²) in [6.07, 6.45) is 3.38. The van der Waals surface area contributed by atoms with E-state index < -0.39 is 5.91 Å². The zero-order chi connectivity index (χ0) is 24.9. The third-order valence-electron chi connectivity index (χ3n) is 5.33. The second-order valence-corrected chi connectivity index (χ2v) is 7.76. The number of methoxy groups -OCH3 is 1. The van der Waals surface area contributed by atoms with Crippen molar-refractivity contribution in [2.45, 2.75) is 6.42 Å². The van der Waals surface area contributed by atoms with Gasteiger partial charge in [-0.3, -0.25) is 14.9 Å². The number of nitrogens with zero attached hydrogens (tertiary/aromatic N) is 3. The van der Waals surface area contributed by atoms with Crippen LogP contribution in [-0.4, -0.2) is 43.7 Å². The Bertz CT molecular complexity index is 1610. The lowest BCUT2D eigenvalue weighted by atomic mass is 10.1. The molecule has 1 amide bonds. The molecule has 0 bridgehead atoms. The maximum Gasteiger partial charge on any atom is 0.276 e. The lowest BCUT2D eigenvalue weighted by molar-refractivity contribution is 0.0990. The number of Topliss-reactive ketones (excluding diaryl/α,β-unsaturated/α-hetero) is 1. The maximum atomic E-state index is 12.8. The Hall–Kier alpha value is -5.23. The molecule has 3 N–H and O–H groups in total. The number of carbonyl (C=O) groups excluding carboxylic acids is 2. The van der Waals surface area contributed by atoms with Gasteiger partial charge in [0.25, 0.3) is 5.91 Å². The van der Waals surface area contributed by atoms with Crippen LogP contribution >= 0.6 is 0 Å². The first-order chi connectivity index (χ1) is 17.6. The van der Waals surface area contributed by atoms with Crippen molar-refractivity contribution < 1.29 is 14.3 Å². The summed E-state index contributed by atoms with van der Waals surface area (Å²) >= 11 is 0. The van der Waals surface area contributed by atoms with Crippen molar-refractivity contribution in [3.63, 3.8) is 0 Å². The highest BCUT2D eigenvalue weighted by atomic mass is 16.5. The number of para-hydroxylation sites is 1. The number of aromatic amines is 2. The van der Waals surface area contributed by atoms with Gasteiger partial charge in [0.15, 0.2) is 5.78 Å². The highest BCUT2D eigenvalue weighted by molar-refractivity contribution is 6.08. The number of hydrogen-bond donors (Lipinski definition) is 3. The largest absolute Gasteiger partial charge is 0.497 e. The Kier molecular flexibility index (Phi) is 6.23. The summed E-state index contributed by atoms with van der Waals surface area (Å²) in [6.45, 7) is 0. The van der Waals surface area contributed by atoms with Crippen LogP contribution in [0.5, 0.6) is 5.75 Å². The smallest absolute Gasteiger partial charge is 0.276 e. The molecule has 5 rings (SSSR count). The fraction of sp³-hybridized carbons (Fsp3) is 0.0741. The molecular formula is C27H20N6O3. The first-order valence-corrected chi connectivity index (χ1v) is 11.0. The molecule has 0 aliphatic rings. The summed E-state index contributed by atoms with van der Waals surface area (Å²) in [5, 5.41) is 2.71. The minimum absolute atomic E-state index is 0.120. The summed E-state index contributed by atoms with van der Waals surface area (Å²) < 4.78 is 5.15. The second kappa shape index (κ2) is 9.95. The molecule has 0 unspecified atom stereocenters. The summed E-state index contributed by atoms with van der Waals surface area (Å²) in [4.78, 5) is 44.5. The number of hydrogen-bond acceptors (Lipinski definition) is 6. The fourth-order valence-electron chi connectivity index (χ4n) is 3.57. The number of amides is 1. The number of carbonyl (C=O) groups is 2. The van der Waals surface area contributed by atoms with E-state index in [-0.39, 0.29) is 23.8 Å². The summed E-state index contributed by atoms with van der Waals surface area (Å²) in [5.74, 6) is 6.93. The molecule has 0 radical (unpaired) electrons. The van der Waals surface area contributed by atoms with Crippen molar-refractivity contribution in [1.82, 2.24) is 24.9 Å². The van der Waals surface area contributed by atoms with Gasteiger partial charge in [-0.2, -0.15) is 0 Å². The Morgan fingerprint density at radius 2 is 1.83 bits per heavy atom. The number of aromatic nitrogens is 5. The van der Waals surface area contributed by atoms with Gasteiger partial charge in [-0.1, -0.05) is 18.1 Å². The van der Waals surface area contributed by atoms with Crippen molar-refractivity contribution in [1.29, 1.82) is 0 Å². The predicted molar refractivity (Wildman–Crippen MR) is 134 cm³/mol. The zero-order valence-electron chi connectivity index (χ0n) is 19.2. The SMILES string of the molecule is COc1ccc(C#Cc2cccc(C(=O)Nc3nc4c(C(=O)Cc5ncc[nH]5)cccc4[nH]3)n2)cc1. The molecule has 0 spiro atoms. The third kappa shape index (κ3) is 4.98. The van der Waals surface area contributed by atoms with Crippen LogP contribution in [0.15, 0.2) is 73.1 Å². The number of fused-ring (bicyclic) bond motifs is 1. The molecule has 5 aromatic rings. The van der Waals surface area contributed by atoms with Crippen LogP contribution in [0, 0.1) is 11.8 Å². The fourth-order valence-corrected chi connectivity index (χ4v) is 3.57. The second-order valence-electron chi connectivity index (χ2n) is 7.76. The summed E-state index contributed by atoms with van der Waals surface area (Å²) in [5.41, 5.74) is 2.97. The number of anilines is 1. The van der Waals surface area contributed by atoms with E-state index >= 15 is 0 Å². The highest BCUT2D eigenvalue weighted by Crippen LogP contribution is 2.20. The molecule has 2 aromatic carbocycles. The Labute approximate surface area is 206 Å². The first-order valence-electron chi connectivity index (χ1n) is 11.0. The van der Waals surface area contributed by atoms with Crippen LogP contribution in [0.3, 0.4) is 0 Å². The molecule has 36 heavy (non-hydrogen) atoms. The van der Waals surface area contributed by atoms with Gasteiger partial charge in [0, 0.05) is 23.5 Å². The number of ether oxygens (including phenoxy) is 1. The molecule has 0 saturated carbocycles. The molecule has 0 atom stereocenters. The number of nitrogens with one attached hydrogen (secondary N) is 3. The van der Waals surface area contributed by atoms with E-state index in [0.717, 1.165) is 11.3 Å². The molecule has 9 nitrogen and oxygen atoms in total. The zero-order valence-corrected chi connectivity index (χ0v) is 19.2. The molecule has 0 aliphatic carbocycles. The quantitative estimate of drug-likeness (QED) is 0.253. The lowest BCUT2D eigenvalue weighted by Crippen LogP contribution is -2.15. The Morgan fingerprint density at radius 1 is 1.00 bits per heavy atom. The van der Waals surface area contributed by atoms with E-state index in [1.165, 1.54) is 0 Å². The van der Waals surface area contributed by atoms with E-state index in [0.29, 0.717) is 28.1 Å². The Morgan fingerprint density at radius 3 is 2.61 bits per heavy atom. The van der Waals surface area contributed by atoms with Gasteiger partial charge in [-0.25, -0.2) is 15.0 Å². The normalized spacial score (nSPS) is 10.5. The minimum Gasteiger partial charge on any atom is -0.497 e. The van der Waals surface area contributed by atoms with Crippen molar-refractivity contribution in [2.75, 3.05) is 12.4 Å². The van der Waals surface area contributed by atoms with Crippen LogP contribution < -0.4 is 10.1 Å². The summed E-state index contributed by atoms with van der Waals surface area (Å²) in [6, 6.07) is 17.6. The van der Waals surface area contributed by atoms with Gasteiger partial charge in [0.05, 0.1) is 19.0 Å². The van der Waals surface area contributed by atoms with Crippen molar-refractivity contribution >= 4 is 28.7 Å². The van der Waals surface area contributed by atoms with Gasteiger partial charge >= 0.3 is 0 Å². The van der Waals surface area contributed by atoms with E-state index in [1.54, 1.807) is 55.9 Å². The molecule has 9 heteroatoms. The van der Waals surface area contributed by atoms with E-state index in [4.69, 9.17) is 4.74 Å². The van der Waals surface area contributed by atoms with Crippen LogP contribution in [0.2, 0.25) is 0 Å². The average Bonchev–Trinajstić information content (AvgIpc) is 3.57. The van der Waals surface area contributed by atoms with E-state index in [9.17, 15) is 9.59 Å². The summed E-state index contributed by atoms with van der Waals surface area (Å²) in [7, 11) is 1.60. The Balaban J connectivity index is 1.33. The molecular weight excluding hydrogens is 456 g/mol. The maximum absolute atomic E-state index is 12.8. The van der Waals surface area contributed by atoms with Crippen LogP contribution in [0.4, 0.5) is 5.95 Å². The number of rotatable bonds is 6. The number of benzene rings is 2. The van der Waals surface area contributed by atoms with E-state index in [1.807, 2.05) is 24.3 Å². The molecule has 0 saturated heterocycles. The van der Waals surface area contributed by atoms with E-state index in [2.05, 4.69) is 42.1 Å². The number of H-pyrrole nitrogens is 2. The van der Waals surface area contributed by atoms with Crippen LogP contribution in [0.1, 0.15) is 37.9 Å². The topological polar surface area (TPSA) is 126 Å². The number of ketones is 1. The van der Waals surface area contributed by atoms with Crippen LogP contribution in [0.25, 0.3) is 11.0 Å². The predicted octanol–water partition coefficient (Wildman–Crippen LogP) is 3.77. The highest BCUT2D eigenvalue weighted by Gasteiger charge is 2.17. The van der Waals surface area contributed by atoms with Gasteiger partial charge in [0.2, 0.25) is 5.95 Å². The van der Waals surface area contributed by atoms with Gasteiger partial charge < -0.3 is 14.7 Å². The average molecular weight is 476 g/mol. The first kappa shape index (κ1) is 22.6. The van der Waals surface area contributed by atoms with Crippen molar-refractivity contribution in [3.05, 3.63) is 101 Å². The van der Waals surface area contributed by atoms with Gasteiger partial charge in [-0.05, 0) is 54.5 Å². The molecule has 3 heterocycles.